The summed E-state index contributed by atoms with van der Waals surface area (Å²) in [4.78, 5) is 0. The van der Waals surface area contributed by atoms with E-state index in [-0.39, 0.29) is 23.3 Å². The molecule has 2 aromatic rings. The molecule has 0 aliphatic carbocycles. The van der Waals surface area contributed by atoms with Gasteiger partial charge in [-0.2, -0.15) is 8.78 Å². The molecule has 0 spiro atoms. The first-order chi connectivity index (χ1) is 13.0. The number of allylic oxidation sites excluding steroid dienone is 4. The van der Waals surface area contributed by atoms with E-state index in [1.54, 1.807) is 0 Å². The zero-order valence-corrected chi connectivity index (χ0v) is 14.4. The molecule has 0 fully saturated rings. The number of benzene rings is 2. The van der Waals surface area contributed by atoms with Gasteiger partial charge in [0.1, 0.15) is 28.8 Å². The number of ether oxygens (including phenoxy) is 1. The predicted molar refractivity (Wildman–Crippen MR) is 85.7 cm³/mol. The van der Waals surface area contributed by atoms with Gasteiger partial charge in [0.2, 0.25) is 0 Å². The van der Waals surface area contributed by atoms with Crippen LogP contribution in [0.4, 0.5) is 35.1 Å². The monoisotopic (exact) mass is 408 g/mol. The number of hydrogen-bond donors (Lipinski definition) is 0. The topological polar surface area (TPSA) is 9.23 Å². The van der Waals surface area contributed by atoms with Crippen molar-refractivity contribution < 1.29 is 39.9 Å². The third-order valence-electron chi connectivity index (χ3n) is 3.65. The van der Waals surface area contributed by atoms with Crippen molar-refractivity contribution in [2.45, 2.75) is 20.0 Å². The van der Waals surface area contributed by atoms with Crippen LogP contribution in [-0.2, 0) is 6.11 Å². The number of alkyl halides is 2. The average Bonchev–Trinajstić information content (AvgIpc) is 2.58. The zero-order valence-electron chi connectivity index (χ0n) is 14.4. The quantitative estimate of drug-likeness (QED) is 0.301. The van der Waals surface area contributed by atoms with Crippen molar-refractivity contribution in [2.24, 2.45) is 0 Å². The van der Waals surface area contributed by atoms with E-state index < -0.39 is 52.3 Å². The molecule has 0 heterocycles. The molecule has 1 nitrogen and oxygen atoms in total. The molecule has 0 bridgehead atoms. The van der Waals surface area contributed by atoms with Crippen LogP contribution in [0.2, 0.25) is 0 Å². The average molecular weight is 408 g/mol. The Bertz CT molecular complexity index is 916. The van der Waals surface area contributed by atoms with Crippen molar-refractivity contribution >= 4 is 5.57 Å². The molecular weight excluding hydrogens is 396 g/mol. The van der Waals surface area contributed by atoms with Crippen LogP contribution < -0.4 is 4.74 Å². The van der Waals surface area contributed by atoms with Gasteiger partial charge >= 0.3 is 6.11 Å². The molecule has 9 heteroatoms. The van der Waals surface area contributed by atoms with Gasteiger partial charge < -0.3 is 4.74 Å². The minimum atomic E-state index is -4.71. The van der Waals surface area contributed by atoms with E-state index in [4.69, 9.17) is 0 Å². The summed E-state index contributed by atoms with van der Waals surface area (Å²) in [5.74, 6) is -11.2. The standard InChI is InChI=1S/C19H12F8O/c1-3-11(12(20)4-2)9-5-13(21)17(14(22)6-9)19(26,27)28-10-7-15(23)18(25)16(24)8-10/h3-8H,1-2H3. The highest BCUT2D eigenvalue weighted by molar-refractivity contribution is 5.76. The van der Waals surface area contributed by atoms with E-state index >= 15 is 0 Å². The van der Waals surface area contributed by atoms with Crippen molar-refractivity contribution in [3.05, 3.63) is 82.5 Å². The lowest BCUT2D eigenvalue weighted by molar-refractivity contribution is -0.189. The zero-order chi connectivity index (χ0) is 21.2. The summed E-state index contributed by atoms with van der Waals surface area (Å²) >= 11 is 0. The van der Waals surface area contributed by atoms with Crippen LogP contribution in [0.3, 0.4) is 0 Å². The van der Waals surface area contributed by atoms with Crippen LogP contribution in [0.15, 0.2) is 42.2 Å². The molecule has 0 aliphatic rings. The molecule has 0 atom stereocenters. The second-order valence-corrected chi connectivity index (χ2v) is 5.47. The first-order valence-corrected chi connectivity index (χ1v) is 7.71. The van der Waals surface area contributed by atoms with Crippen LogP contribution in [0.25, 0.3) is 5.57 Å². The Morgan fingerprint density at radius 2 is 1.32 bits per heavy atom. The van der Waals surface area contributed by atoms with Crippen molar-refractivity contribution in [2.75, 3.05) is 0 Å². The Morgan fingerprint density at radius 1 is 0.821 bits per heavy atom. The molecular formula is C19H12F8O. The van der Waals surface area contributed by atoms with E-state index in [9.17, 15) is 35.1 Å². The number of rotatable bonds is 5. The van der Waals surface area contributed by atoms with E-state index in [0.717, 1.165) is 6.08 Å². The lowest BCUT2D eigenvalue weighted by Crippen LogP contribution is -2.25. The first-order valence-electron chi connectivity index (χ1n) is 7.71. The summed E-state index contributed by atoms with van der Waals surface area (Å²) in [7, 11) is 0. The van der Waals surface area contributed by atoms with Gasteiger partial charge in [0.15, 0.2) is 17.5 Å². The molecule has 0 amide bonds. The predicted octanol–water partition coefficient (Wildman–Crippen LogP) is 6.79. The van der Waals surface area contributed by atoms with Crippen LogP contribution in [0.1, 0.15) is 25.0 Å². The number of hydrogen-bond acceptors (Lipinski definition) is 1. The fourth-order valence-electron chi connectivity index (χ4n) is 2.39. The minimum Gasteiger partial charge on any atom is -0.429 e. The van der Waals surface area contributed by atoms with E-state index in [2.05, 4.69) is 4.74 Å². The molecule has 0 unspecified atom stereocenters. The largest absolute Gasteiger partial charge is 0.432 e. The Morgan fingerprint density at radius 3 is 1.75 bits per heavy atom. The maximum absolute atomic E-state index is 14.2. The number of halogens is 8. The Kier molecular flexibility index (Phi) is 6.16. The molecule has 0 saturated heterocycles. The highest BCUT2D eigenvalue weighted by Gasteiger charge is 2.41. The molecule has 0 N–H and O–H groups in total. The van der Waals surface area contributed by atoms with Crippen molar-refractivity contribution in [1.82, 2.24) is 0 Å². The van der Waals surface area contributed by atoms with Crippen LogP contribution in [0.5, 0.6) is 5.75 Å². The summed E-state index contributed by atoms with van der Waals surface area (Å²) in [5.41, 5.74) is -2.46. The first kappa shape index (κ1) is 21.5. The van der Waals surface area contributed by atoms with Crippen LogP contribution in [-0.4, -0.2) is 0 Å². The third kappa shape index (κ3) is 4.18. The molecule has 2 rings (SSSR count). The fraction of sp³-hybridized carbons (Fsp3) is 0.158. The molecule has 0 aromatic heterocycles. The van der Waals surface area contributed by atoms with Crippen LogP contribution >= 0.6 is 0 Å². The normalized spacial score (nSPS) is 13.1. The van der Waals surface area contributed by atoms with Gasteiger partial charge in [-0.1, -0.05) is 12.2 Å². The third-order valence-corrected chi connectivity index (χ3v) is 3.65. The maximum atomic E-state index is 14.2. The highest BCUT2D eigenvalue weighted by atomic mass is 19.3. The summed E-state index contributed by atoms with van der Waals surface area (Å²) in [6.07, 6.45) is -2.52. The van der Waals surface area contributed by atoms with E-state index in [1.807, 2.05) is 0 Å². The van der Waals surface area contributed by atoms with E-state index in [0.29, 0.717) is 12.1 Å². The summed E-state index contributed by atoms with van der Waals surface area (Å²) in [6.45, 7) is 2.69. The second kappa shape index (κ2) is 8.04. The van der Waals surface area contributed by atoms with Gasteiger partial charge in [-0.15, -0.1) is 0 Å². The van der Waals surface area contributed by atoms with Gasteiger partial charge in [-0.05, 0) is 31.5 Å². The Balaban J connectivity index is 2.49. The van der Waals surface area contributed by atoms with Crippen LogP contribution in [0, 0.1) is 29.1 Å². The minimum absolute atomic E-state index is 0.0931. The van der Waals surface area contributed by atoms with Gasteiger partial charge in [0.05, 0.1) is 0 Å². The van der Waals surface area contributed by atoms with Crippen molar-refractivity contribution in [1.29, 1.82) is 0 Å². The Hall–Kier alpha value is -2.84. The van der Waals surface area contributed by atoms with E-state index in [1.165, 1.54) is 19.9 Å². The van der Waals surface area contributed by atoms with Gasteiger partial charge in [-0.3, -0.25) is 0 Å². The molecule has 150 valence electrons. The molecule has 2 aromatic carbocycles. The lowest BCUT2D eigenvalue weighted by Gasteiger charge is -2.20. The summed E-state index contributed by atoms with van der Waals surface area (Å²) < 4.78 is 114. The van der Waals surface area contributed by atoms with Gasteiger partial charge in [0, 0.05) is 17.7 Å². The van der Waals surface area contributed by atoms with Gasteiger partial charge in [-0.25, -0.2) is 26.3 Å². The Labute approximate surface area is 154 Å². The van der Waals surface area contributed by atoms with Crippen molar-refractivity contribution in [3.8, 4) is 5.75 Å². The molecule has 28 heavy (non-hydrogen) atoms. The maximum Gasteiger partial charge on any atom is 0.432 e. The molecule has 0 radical (unpaired) electrons. The summed E-state index contributed by atoms with van der Waals surface area (Å²) in [6, 6.07) is 1.10. The smallest absolute Gasteiger partial charge is 0.429 e. The molecule has 0 aliphatic heterocycles. The highest BCUT2D eigenvalue weighted by Crippen LogP contribution is 2.37. The second-order valence-electron chi connectivity index (χ2n) is 5.47. The fourth-order valence-corrected chi connectivity index (χ4v) is 2.39. The SMILES string of the molecule is CC=C(F)C(=CC)c1cc(F)c(C(F)(F)Oc2cc(F)c(F)c(F)c2)c(F)c1. The van der Waals surface area contributed by atoms with Crippen molar-refractivity contribution in [3.63, 3.8) is 0 Å². The summed E-state index contributed by atoms with van der Waals surface area (Å²) in [5, 5.41) is 0. The lowest BCUT2D eigenvalue weighted by atomic mass is 10.0. The van der Waals surface area contributed by atoms with Gasteiger partial charge in [0.25, 0.3) is 0 Å². The molecule has 0 saturated carbocycles.